The molecule has 4 rings (SSSR count). The third-order valence-corrected chi connectivity index (χ3v) is 6.74. The number of ether oxygens (including phenoxy) is 1. The molecule has 0 saturated carbocycles. The van der Waals surface area contributed by atoms with Crippen molar-refractivity contribution in [2.45, 2.75) is 43.0 Å². The molecule has 1 unspecified atom stereocenters. The molecule has 0 saturated heterocycles. The highest BCUT2D eigenvalue weighted by atomic mass is 79.9. The monoisotopic (exact) mass is 462 g/mol. The minimum Gasteiger partial charge on any atom is -0.365 e. The van der Waals surface area contributed by atoms with Crippen LogP contribution in [-0.4, -0.2) is 16.2 Å². The number of rotatable bonds is 1. The topological polar surface area (TPSA) is 35.0 Å². The second kappa shape index (κ2) is 6.64. The van der Waals surface area contributed by atoms with E-state index in [0.29, 0.717) is 27.8 Å². The molecule has 1 aromatic carbocycles. The van der Waals surface area contributed by atoms with Crippen LogP contribution in [0.25, 0.3) is 0 Å². The summed E-state index contributed by atoms with van der Waals surface area (Å²) in [6.45, 7) is 0.342. The smallest absolute Gasteiger partial charge is 0.188 e. The van der Waals surface area contributed by atoms with Gasteiger partial charge in [0.15, 0.2) is 11.0 Å². The molecule has 0 bridgehead atoms. The van der Waals surface area contributed by atoms with Crippen molar-refractivity contribution in [3.05, 3.63) is 48.9 Å². The molecule has 1 spiro atoms. The van der Waals surface area contributed by atoms with Gasteiger partial charge in [-0.2, -0.15) is 0 Å². The summed E-state index contributed by atoms with van der Waals surface area (Å²) in [4.78, 5) is 8.93. The Bertz CT molecular complexity index is 882. The van der Waals surface area contributed by atoms with Gasteiger partial charge in [-0.05, 0) is 58.6 Å². The first kappa shape index (κ1) is 18.0. The lowest BCUT2D eigenvalue weighted by atomic mass is 9.75. The molecule has 1 aromatic heterocycles. The van der Waals surface area contributed by atoms with Gasteiger partial charge in [0.1, 0.15) is 5.15 Å². The molecule has 1 aliphatic heterocycles. The van der Waals surface area contributed by atoms with Gasteiger partial charge in [0.2, 0.25) is 0 Å². The van der Waals surface area contributed by atoms with Gasteiger partial charge in [-0.3, -0.25) is 0 Å². The molecule has 132 valence electrons. The predicted octanol–water partition coefficient (Wildman–Crippen LogP) is 5.71. The molecule has 2 aliphatic rings. The highest BCUT2D eigenvalue weighted by Gasteiger charge is 2.43. The van der Waals surface area contributed by atoms with Gasteiger partial charge >= 0.3 is 0 Å². The van der Waals surface area contributed by atoms with Crippen LogP contribution in [0, 0.1) is 5.82 Å². The Kier molecular flexibility index (Phi) is 4.78. The SMILES string of the molecule is CSc1nc(Cl)c2c(n1)CC1(CCCc3c1cc(Br)c(F)c3Cl)OC2. The third kappa shape index (κ3) is 2.90. The van der Waals surface area contributed by atoms with Crippen LogP contribution in [0.3, 0.4) is 0 Å². The molecule has 8 heteroatoms. The summed E-state index contributed by atoms with van der Waals surface area (Å²) in [6, 6.07) is 1.80. The fourth-order valence-corrected chi connectivity index (χ4v) is 5.21. The van der Waals surface area contributed by atoms with Crippen LogP contribution in [0.5, 0.6) is 0 Å². The molecular formula is C17H14BrCl2FN2OS. The summed E-state index contributed by atoms with van der Waals surface area (Å²) in [5, 5.41) is 1.28. The number of thioether (sulfide) groups is 1. The standard InChI is InChI=1S/C17H14BrCl2FN2OS/c1-25-16-22-12-6-17(24-7-9(12)15(20)23-16)4-2-3-8-10(17)5-11(18)14(21)13(8)19/h5H,2-4,6-7H2,1H3. The van der Waals surface area contributed by atoms with E-state index in [0.717, 1.165) is 41.6 Å². The predicted molar refractivity (Wildman–Crippen MR) is 101 cm³/mol. The second-order valence-electron chi connectivity index (χ2n) is 6.25. The van der Waals surface area contributed by atoms with Crippen molar-refractivity contribution in [3.63, 3.8) is 0 Å². The van der Waals surface area contributed by atoms with Gasteiger partial charge < -0.3 is 4.74 Å². The number of halogens is 4. The largest absolute Gasteiger partial charge is 0.365 e. The maximum atomic E-state index is 14.2. The van der Waals surface area contributed by atoms with Crippen LogP contribution < -0.4 is 0 Å². The van der Waals surface area contributed by atoms with E-state index >= 15 is 0 Å². The molecule has 0 fully saturated rings. The van der Waals surface area contributed by atoms with Crippen LogP contribution in [-0.2, 0) is 29.8 Å². The Labute approximate surface area is 167 Å². The van der Waals surface area contributed by atoms with Crippen LogP contribution in [0.4, 0.5) is 4.39 Å². The highest BCUT2D eigenvalue weighted by molar-refractivity contribution is 9.10. The molecule has 1 atom stereocenters. The third-order valence-electron chi connectivity index (χ3n) is 4.91. The number of nitrogens with zero attached hydrogens (tertiary/aromatic N) is 2. The minimum atomic E-state index is -0.548. The second-order valence-corrected chi connectivity index (χ2v) is 8.62. The molecular weight excluding hydrogens is 450 g/mol. The van der Waals surface area contributed by atoms with E-state index in [1.807, 2.05) is 6.26 Å². The van der Waals surface area contributed by atoms with E-state index in [-0.39, 0.29) is 5.02 Å². The Morgan fingerprint density at radius 3 is 2.88 bits per heavy atom. The summed E-state index contributed by atoms with van der Waals surface area (Å²) in [5.74, 6) is -0.413. The maximum absolute atomic E-state index is 14.2. The molecule has 25 heavy (non-hydrogen) atoms. The Hall–Kier alpha value is -0.400. The van der Waals surface area contributed by atoms with Crippen molar-refractivity contribution in [2.24, 2.45) is 0 Å². The van der Waals surface area contributed by atoms with E-state index in [4.69, 9.17) is 27.9 Å². The van der Waals surface area contributed by atoms with Gasteiger partial charge in [0.25, 0.3) is 0 Å². The van der Waals surface area contributed by atoms with E-state index in [1.165, 1.54) is 11.8 Å². The zero-order valence-corrected chi connectivity index (χ0v) is 17.3. The van der Waals surface area contributed by atoms with Crippen molar-refractivity contribution in [1.29, 1.82) is 0 Å². The lowest BCUT2D eigenvalue weighted by Gasteiger charge is -2.42. The van der Waals surface area contributed by atoms with Crippen LogP contribution >= 0.6 is 50.9 Å². The summed E-state index contributed by atoms with van der Waals surface area (Å²) in [7, 11) is 0. The maximum Gasteiger partial charge on any atom is 0.188 e. The highest BCUT2D eigenvalue weighted by Crippen LogP contribution is 2.48. The quantitative estimate of drug-likeness (QED) is 0.235. The molecule has 0 radical (unpaired) electrons. The number of fused-ring (bicyclic) bond motifs is 3. The van der Waals surface area contributed by atoms with Gasteiger partial charge in [0, 0.05) is 12.0 Å². The van der Waals surface area contributed by atoms with Crippen LogP contribution in [0.1, 0.15) is 35.2 Å². The van der Waals surface area contributed by atoms with Crippen LogP contribution in [0.2, 0.25) is 10.2 Å². The van der Waals surface area contributed by atoms with E-state index in [9.17, 15) is 4.39 Å². The molecule has 3 nitrogen and oxygen atoms in total. The summed E-state index contributed by atoms with van der Waals surface area (Å²) >= 11 is 17.3. The molecule has 0 N–H and O–H groups in total. The summed E-state index contributed by atoms with van der Waals surface area (Å²) in [5.41, 5.74) is 2.98. The average Bonchev–Trinajstić information content (AvgIpc) is 2.60. The van der Waals surface area contributed by atoms with Crippen molar-refractivity contribution in [3.8, 4) is 0 Å². The van der Waals surface area contributed by atoms with E-state index in [2.05, 4.69) is 25.9 Å². The lowest BCUT2D eigenvalue weighted by Crippen LogP contribution is -2.40. The lowest BCUT2D eigenvalue weighted by molar-refractivity contribution is -0.0858. The minimum absolute atomic E-state index is 0.184. The summed E-state index contributed by atoms with van der Waals surface area (Å²) in [6.07, 6.45) is 4.97. The van der Waals surface area contributed by atoms with Crippen LogP contribution in [0.15, 0.2) is 15.7 Å². The van der Waals surface area contributed by atoms with Crippen molar-refractivity contribution >= 4 is 50.9 Å². The fraction of sp³-hybridized carbons (Fsp3) is 0.412. The number of hydrogen-bond donors (Lipinski definition) is 0. The Morgan fingerprint density at radius 2 is 2.12 bits per heavy atom. The summed E-state index contributed by atoms with van der Waals surface area (Å²) < 4.78 is 20.9. The molecule has 0 amide bonds. The number of aromatic nitrogens is 2. The van der Waals surface area contributed by atoms with Gasteiger partial charge in [-0.1, -0.05) is 35.0 Å². The van der Waals surface area contributed by atoms with Crippen molar-refractivity contribution in [1.82, 2.24) is 9.97 Å². The first-order valence-electron chi connectivity index (χ1n) is 7.85. The number of hydrogen-bond acceptors (Lipinski definition) is 4. The molecule has 2 aromatic rings. The fourth-order valence-electron chi connectivity index (χ4n) is 3.69. The van der Waals surface area contributed by atoms with Crippen molar-refractivity contribution < 1.29 is 9.13 Å². The van der Waals surface area contributed by atoms with Gasteiger partial charge in [0.05, 0.1) is 27.4 Å². The van der Waals surface area contributed by atoms with Gasteiger partial charge in [-0.25, -0.2) is 14.4 Å². The Balaban J connectivity index is 1.85. The van der Waals surface area contributed by atoms with Crippen molar-refractivity contribution in [2.75, 3.05) is 6.26 Å². The van der Waals surface area contributed by atoms with E-state index < -0.39 is 11.4 Å². The normalized spacial score (nSPS) is 22.0. The zero-order valence-electron chi connectivity index (χ0n) is 13.3. The molecule has 1 aliphatic carbocycles. The average molecular weight is 464 g/mol. The van der Waals surface area contributed by atoms with E-state index in [1.54, 1.807) is 6.07 Å². The Morgan fingerprint density at radius 1 is 1.32 bits per heavy atom. The first-order valence-corrected chi connectivity index (χ1v) is 10.6. The zero-order chi connectivity index (χ0) is 17.8. The number of benzene rings is 1. The van der Waals surface area contributed by atoms with Gasteiger partial charge in [-0.15, -0.1) is 0 Å². The molecule has 2 heterocycles. The first-order chi connectivity index (χ1) is 11.9.